The molecular formula is C12H11N2O2S-. The number of carbonyl (C=O) groups excluding carboxylic acids is 1. The van der Waals surface area contributed by atoms with Crippen LogP contribution in [0, 0.1) is 0 Å². The predicted octanol–water partition coefficient (Wildman–Crippen LogP) is 1.06. The molecule has 88 valence electrons. The minimum Gasteiger partial charge on any atom is -0.548 e. The van der Waals surface area contributed by atoms with Crippen molar-refractivity contribution in [3.05, 3.63) is 36.9 Å². The quantitative estimate of drug-likeness (QED) is 0.585. The van der Waals surface area contributed by atoms with E-state index < -0.39 is 5.97 Å². The lowest BCUT2D eigenvalue weighted by molar-refractivity contribution is -0.306. The van der Waals surface area contributed by atoms with Gasteiger partial charge in [-0.3, -0.25) is 0 Å². The van der Waals surface area contributed by atoms with Crippen molar-refractivity contribution < 1.29 is 9.90 Å². The summed E-state index contributed by atoms with van der Waals surface area (Å²) in [5.41, 5.74) is 1.60. The molecule has 0 aliphatic rings. The number of nitrogens with zero attached hydrogens (tertiary/aromatic N) is 2. The lowest BCUT2D eigenvalue weighted by atomic mass is 10.3. The monoisotopic (exact) mass is 247 g/mol. The van der Waals surface area contributed by atoms with Crippen LogP contribution in [0.2, 0.25) is 0 Å². The largest absolute Gasteiger partial charge is 0.548 e. The highest BCUT2D eigenvalue weighted by Gasteiger charge is 2.09. The van der Waals surface area contributed by atoms with Gasteiger partial charge in [-0.05, 0) is 12.1 Å². The Morgan fingerprint density at radius 3 is 3.00 bits per heavy atom. The summed E-state index contributed by atoms with van der Waals surface area (Å²) < 4.78 is 1.65. The zero-order valence-electron chi connectivity index (χ0n) is 9.13. The molecule has 4 nitrogen and oxygen atoms in total. The van der Waals surface area contributed by atoms with Crippen molar-refractivity contribution in [2.75, 3.05) is 5.75 Å². The number of aliphatic carboxylic acids is 1. The van der Waals surface area contributed by atoms with Gasteiger partial charge in [-0.2, -0.15) is 0 Å². The first-order chi connectivity index (χ1) is 8.22. The maximum absolute atomic E-state index is 10.7. The molecule has 0 unspecified atom stereocenters. The van der Waals surface area contributed by atoms with Crippen LogP contribution in [-0.4, -0.2) is 21.3 Å². The van der Waals surface area contributed by atoms with Crippen LogP contribution in [-0.2, 0) is 11.3 Å². The number of carboxylic acid groups (broad SMARTS) is 1. The molecule has 0 bridgehead atoms. The first-order valence-corrected chi connectivity index (χ1v) is 6.09. The number of benzene rings is 1. The van der Waals surface area contributed by atoms with Crippen LogP contribution in [0.1, 0.15) is 0 Å². The van der Waals surface area contributed by atoms with E-state index in [2.05, 4.69) is 11.6 Å². The normalized spacial score (nSPS) is 10.6. The Labute approximate surface area is 103 Å². The van der Waals surface area contributed by atoms with Gasteiger partial charge in [0.2, 0.25) is 0 Å². The van der Waals surface area contributed by atoms with Crippen molar-refractivity contribution in [3.63, 3.8) is 0 Å². The summed E-state index contributed by atoms with van der Waals surface area (Å²) >= 11 is 1.46. The van der Waals surface area contributed by atoms with E-state index in [0.29, 0.717) is 10.9 Å². The summed E-state index contributed by atoms with van der Waals surface area (Å²) in [6, 6.07) is 7.45. The van der Waals surface area contributed by atoms with Crippen molar-refractivity contribution in [2.24, 2.45) is 0 Å². The van der Waals surface area contributed by atoms with Crippen LogP contribution in [0.4, 0.5) is 0 Å². The van der Waals surface area contributed by atoms with Crippen LogP contribution in [0.15, 0.2) is 42.1 Å². The number of aromatic nitrogens is 2. The molecule has 0 radical (unpaired) electrons. The van der Waals surface area contributed by atoms with E-state index in [9.17, 15) is 9.90 Å². The number of fused-ring (bicyclic) bond motifs is 1. The van der Waals surface area contributed by atoms with Crippen LogP contribution in [0.3, 0.4) is 0 Å². The molecule has 2 rings (SSSR count). The molecule has 1 aromatic carbocycles. The zero-order chi connectivity index (χ0) is 12.3. The number of thioether (sulfide) groups is 1. The predicted molar refractivity (Wildman–Crippen MR) is 65.7 cm³/mol. The van der Waals surface area contributed by atoms with Gasteiger partial charge in [0.25, 0.3) is 0 Å². The molecule has 2 aromatic rings. The minimum absolute atomic E-state index is 0.181. The maximum atomic E-state index is 10.7. The summed E-state index contributed by atoms with van der Waals surface area (Å²) in [6.45, 7) is 3.45. The third kappa shape index (κ3) is 2.50. The Kier molecular flexibility index (Phi) is 3.49. The van der Waals surface area contributed by atoms with Crippen molar-refractivity contribution >= 4 is 28.8 Å². The molecule has 0 saturated carbocycles. The fraction of sp³-hybridized carbons (Fsp3) is 0.167. The second-order valence-corrected chi connectivity index (χ2v) is 4.43. The fourth-order valence-electron chi connectivity index (χ4n) is 1.58. The summed E-state index contributed by atoms with van der Waals surface area (Å²) in [4.78, 5) is 15.1. The number of imidazole rings is 1. The molecule has 1 heterocycles. The third-order valence-corrected chi connectivity index (χ3v) is 3.21. The smallest absolute Gasteiger partial charge is 0.169 e. The van der Waals surface area contributed by atoms with Gasteiger partial charge in [-0.1, -0.05) is 30.0 Å². The Balaban J connectivity index is 2.48. The first-order valence-electron chi connectivity index (χ1n) is 5.11. The van der Waals surface area contributed by atoms with Gasteiger partial charge in [0.15, 0.2) is 5.16 Å². The van der Waals surface area contributed by atoms with Crippen LogP contribution in [0.5, 0.6) is 0 Å². The molecule has 0 N–H and O–H groups in total. The average Bonchev–Trinajstić information content (AvgIpc) is 2.64. The third-order valence-electron chi connectivity index (χ3n) is 2.24. The molecule has 17 heavy (non-hydrogen) atoms. The Bertz CT molecular complexity index is 563. The minimum atomic E-state index is -1.12. The van der Waals surface area contributed by atoms with Gasteiger partial charge in [0, 0.05) is 5.75 Å². The van der Waals surface area contributed by atoms with E-state index in [4.69, 9.17) is 0 Å². The molecule has 0 aliphatic carbocycles. The van der Waals surface area contributed by atoms with Crippen LogP contribution >= 0.6 is 11.8 Å². The molecular weight excluding hydrogens is 236 g/mol. The summed E-state index contributed by atoms with van der Waals surface area (Å²) in [5.74, 6) is -0.426. The van der Waals surface area contributed by atoms with E-state index in [1.807, 2.05) is 24.3 Å². The maximum Gasteiger partial charge on any atom is 0.169 e. The fourth-order valence-corrected chi connectivity index (χ4v) is 2.33. The van der Waals surface area contributed by atoms with Gasteiger partial charge in [-0.15, -0.1) is 6.58 Å². The molecule has 1 aromatic heterocycles. The highest BCUT2D eigenvalue weighted by molar-refractivity contribution is 7.99. The first kappa shape index (κ1) is 11.7. The van der Waals surface area contributed by atoms with Crippen molar-refractivity contribution in [1.82, 2.24) is 9.55 Å². The van der Waals surface area contributed by atoms with Crippen LogP contribution < -0.4 is 5.11 Å². The van der Waals surface area contributed by atoms with Gasteiger partial charge in [0.1, 0.15) is 0 Å². The molecule has 0 atom stereocenters. The second-order valence-electron chi connectivity index (χ2n) is 3.44. The summed E-state index contributed by atoms with van der Waals surface area (Å²) in [5, 5.41) is 11.4. The van der Waals surface area contributed by atoms with Crippen LogP contribution in [0.25, 0.3) is 11.0 Å². The number of hydrogen-bond donors (Lipinski definition) is 0. The topological polar surface area (TPSA) is 58.0 Å². The molecule has 0 aliphatic heterocycles. The number of carbonyl (C=O) groups is 1. The van der Waals surface area contributed by atoms with Gasteiger partial charge in [-0.25, -0.2) is 4.98 Å². The van der Waals surface area contributed by atoms with Crippen molar-refractivity contribution in [2.45, 2.75) is 11.7 Å². The Hall–Kier alpha value is -1.75. The number of hydrogen-bond acceptors (Lipinski definition) is 4. The number of para-hydroxylation sites is 2. The highest BCUT2D eigenvalue weighted by atomic mass is 32.2. The molecule has 0 fully saturated rings. The lowest BCUT2D eigenvalue weighted by Gasteiger charge is -2.08. The van der Waals surface area contributed by atoms with E-state index >= 15 is 0 Å². The van der Waals surface area contributed by atoms with Gasteiger partial charge < -0.3 is 14.5 Å². The lowest BCUT2D eigenvalue weighted by Crippen LogP contribution is -2.27. The molecule has 0 amide bonds. The second kappa shape index (κ2) is 5.05. The number of carboxylic acids is 1. The Morgan fingerprint density at radius 1 is 1.53 bits per heavy atom. The zero-order valence-corrected chi connectivity index (χ0v) is 9.94. The van der Waals surface area contributed by atoms with Gasteiger partial charge >= 0.3 is 0 Å². The van der Waals surface area contributed by atoms with Crippen molar-refractivity contribution in [1.29, 1.82) is 0 Å². The highest BCUT2D eigenvalue weighted by Crippen LogP contribution is 2.23. The molecule has 0 spiro atoms. The number of rotatable bonds is 5. The SMILES string of the molecule is C=CCSc1nc2ccccc2n1CC(=O)[O-]. The van der Waals surface area contributed by atoms with E-state index in [0.717, 1.165) is 11.0 Å². The molecule has 5 heteroatoms. The van der Waals surface area contributed by atoms with E-state index in [1.54, 1.807) is 10.6 Å². The van der Waals surface area contributed by atoms with E-state index in [-0.39, 0.29) is 6.54 Å². The summed E-state index contributed by atoms with van der Waals surface area (Å²) in [7, 11) is 0. The molecule has 0 saturated heterocycles. The standard InChI is InChI=1S/C12H12N2O2S/c1-2-7-17-12-13-9-5-3-4-6-10(9)14(12)8-11(15)16/h2-6H,1,7-8H2,(H,15,16)/p-1. The average molecular weight is 247 g/mol. The van der Waals surface area contributed by atoms with Crippen molar-refractivity contribution in [3.8, 4) is 0 Å². The Morgan fingerprint density at radius 2 is 2.29 bits per heavy atom. The van der Waals surface area contributed by atoms with E-state index in [1.165, 1.54) is 11.8 Å². The summed E-state index contributed by atoms with van der Waals surface area (Å²) in [6.07, 6.45) is 1.76. The van der Waals surface area contributed by atoms with Gasteiger partial charge in [0.05, 0.1) is 23.5 Å².